The third-order valence-electron chi connectivity index (χ3n) is 4.20. The van der Waals surface area contributed by atoms with Crippen molar-refractivity contribution in [1.29, 1.82) is 0 Å². The van der Waals surface area contributed by atoms with E-state index < -0.39 is 28.0 Å². The molecule has 0 spiro atoms. The van der Waals surface area contributed by atoms with Crippen molar-refractivity contribution in [2.24, 2.45) is 0 Å². The number of hydrogen-bond donors (Lipinski definition) is 1. The molecule has 28 heavy (non-hydrogen) atoms. The molecule has 1 aliphatic heterocycles. The minimum atomic E-state index is -3.79. The van der Waals surface area contributed by atoms with E-state index in [1.54, 1.807) is 0 Å². The molecular weight excluding hydrogens is 388 g/mol. The van der Waals surface area contributed by atoms with Crippen molar-refractivity contribution < 1.29 is 32.2 Å². The number of carbonyl (C=O) groups is 2. The highest BCUT2D eigenvalue weighted by atomic mass is 32.2. The number of methoxy groups -OCH3 is 1. The van der Waals surface area contributed by atoms with Gasteiger partial charge in [-0.05, 0) is 31.5 Å². The molecule has 1 N–H and O–H groups in total. The zero-order chi connectivity index (χ0) is 20.7. The van der Waals surface area contributed by atoms with Crippen molar-refractivity contribution in [1.82, 2.24) is 9.62 Å². The van der Waals surface area contributed by atoms with E-state index in [1.165, 1.54) is 36.5 Å². The van der Waals surface area contributed by atoms with Gasteiger partial charge in [0.05, 0.1) is 25.2 Å². The van der Waals surface area contributed by atoms with Gasteiger partial charge in [0, 0.05) is 19.6 Å². The fourth-order valence-electron chi connectivity index (χ4n) is 2.61. The van der Waals surface area contributed by atoms with Crippen molar-refractivity contribution in [3.8, 4) is 5.75 Å². The average molecular weight is 414 g/mol. The van der Waals surface area contributed by atoms with Crippen LogP contribution in [-0.4, -0.2) is 70.7 Å². The molecule has 1 aromatic rings. The fourth-order valence-corrected chi connectivity index (χ4v) is 4.05. The molecule has 2 rings (SSSR count). The van der Waals surface area contributed by atoms with Crippen molar-refractivity contribution in [3.05, 3.63) is 23.8 Å². The van der Waals surface area contributed by atoms with Gasteiger partial charge < -0.3 is 19.5 Å². The maximum Gasteiger partial charge on any atom is 0.342 e. The second-order valence-electron chi connectivity index (χ2n) is 6.22. The molecular formula is C18H26N2O7S. The van der Waals surface area contributed by atoms with E-state index >= 15 is 0 Å². The van der Waals surface area contributed by atoms with Gasteiger partial charge in [-0.1, -0.05) is 6.92 Å². The predicted molar refractivity (Wildman–Crippen MR) is 101 cm³/mol. The Labute approximate surface area is 165 Å². The van der Waals surface area contributed by atoms with Crippen LogP contribution in [0.5, 0.6) is 5.75 Å². The van der Waals surface area contributed by atoms with Crippen LogP contribution in [0.15, 0.2) is 23.1 Å². The first-order valence-electron chi connectivity index (χ1n) is 9.06. The molecule has 0 radical (unpaired) electrons. The first-order valence-corrected chi connectivity index (χ1v) is 10.5. The summed E-state index contributed by atoms with van der Waals surface area (Å²) in [6.45, 7) is 4.93. The van der Waals surface area contributed by atoms with E-state index in [-0.39, 0.29) is 29.3 Å². The summed E-state index contributed by atoms with van der Waals surface area (Å²) in [5.74, 6) is -1.10. The van der Waals surface area contributed by atoms with E-state index in [2.05, 4.69) is 5.32 Å². The third-order valence-corrected chi connectivity index (χ3v) is 6.10. The molecule has 0 unspecified atom stereocenters. The van der Waals surface area contributed by atoms with Crippen LogP contribution >= 0.6 is 0 Å². The van der Waals surface area contributed by atoms with Crippen molar-refractivity contribution in [2.75, 3.05) is 40.0 Å². The molecule has 1 heterocycles. The molecule has 0 saturated carbocycles. The maximum absolute atomic E-state index is 12.8. The smallest absolute Gasteiger partial charge is 0.342 e. The Morgan fingerprint density at radius 1 is 1.29 bits per heavy atom. The SMILES string of the molecule is CCCNC(=O)[C@H](C)OC(=O)c1cc(S(=O)(=O)N2CCOCC2)ccc1OC. The predicted octanol–water partition coefficient (Wildman–Crippen LogP) is 0.788. The average Bonchev–Trinajstić information content (AvgIpc) is 2.71. The molecule has 1 aromatic carbocycles. The van der Waals surface area contributed by atoms with Gasteiger partial charge in [-0.15, -0.1) is 0 Å². The molecule has 10 heteroatoms. The van der Waals surface area contributed by atoms with Crippen LogP contribution in [-0.2, 0) is 24.3 Å². The lowest BCUT2D eigenvalue weighted by Gasteiger charge is -2.26. The first kappa shape index (κ1) is 22.1. The number of nitrogens with one attached hydrogen (secondary N) is 1. The van der Waals surface area contributed by atoms with Gasteiger partial charge in [0.1, 0.15) is 11.3 Å². The van der Waals surface area contributed by atoms with E-state index in [9.17, 15) is 18.0 Å². The van der Waals surface area contributed by atoms with Gasteiger partial charge in [-0.25, -0.2) is 13.2 Å². The largest absolute Gasteiger partial charge is 0.496 e. The number of esters is 1. The van der Waals surface area contributed by atoms with Crippen LogP contribution in [0.3, 0.4) is 0 Å². The number of benzene rings is 1. The Bertz CT molecular complexity index is 804. The number of nitrogens with zero attached hydrogens (tertiary/aromatic N) is 1. The monoisotopic (exact) mass is 414 g/mol. The summed E-state index contributed by atoms with van der Waals surface area (Å²) >= 11 is 0. The van der Waals surface area contributed by atoms with Crippen LogP contribution in [0, 0.1) is 0 Å². The highest BCUT2D eigenvalue weighted by Gasteiger charge is 2.29. The van der Waals surface area contributed by atoms with E-state index in [0.717, 1.165) is 6.42 Å². The van der Waals surface area contributed by atoms with E-state index in [0.29, 0.717) is 19.8 Å². The lowest BCUT2D eigenvalue weighted by atomic mass is 10.2. The maximum atomic E-state index is 12.8. The molecule has 1 fully saturated rings. The summed E-state index contributed by atoms with van der Waals surface area (Å²) in [6.07, 6.45) is -0.273. The number of amides is 1. The van der Waals surface area contributed by atoms with Crippen molar-refractivity contribution in [3.63, 3.8) is 0 Å². The molecule has 1 atom stereocenters. The zero-order valence-electron chi connectivity index (χ0n) is 16.3. The van der Waals surface area contributed by atoms with E-state index in [4.69, 9.17) is 14.2 Å². The molecule has 0 aromatic heterocycles. The molecule has 156 valence electrons. The normalized spacial score (nSPS) is 16.2. The number of ether oxygens (including phenoxy) is 3. The Balaban J connectivity index is 2.24. The van der Waals surface area contributed by atoms with Crippen molar-refractivity contribution in [2.45, 2.75) is 31.3 Å². The second-order valence-corrected chi connectivity index (χ2v) is 8.16. The number of carbonyl (C=O) groups excluding carboxylic acids is 2. The third kappa shape index (κ3) is 5.21. The summed E-state index contributed by atoms with van der Waals surface area (Å²) in [5, 5.41) is 2.63. The van der Waals surface area contributed by atoms with Gasteiger partial charge in [0.2, 0.25) is 10.0 Å². The zero-order valence-corrected chi connectivity index (χ0v) is 17.1. The minimum absolute atomic E-state index is 0.0507. The molecule has 0 bridgehead atoms. The van der Waals surface area contributed by atoms with Crippen LogP contribution in [0.4, 0.5) is 0 Å². The highest BCUT2D eigenvalue weighted by molar-refractivity contribution is 7.89. The Hall–Kier alpha value is -2.17. The number of sulfonamides is 1. The second kappa shape index (κ2) is 9.85. The molecule has 1 saturated heterocycles. The highest BCUT2D eigenvalue weighted by Crippen LogP contribution is 2.26. The molecule has 0 aliphatic carbocycles. The minimum Gasteiger partial charge on any atom is -0.496 e. The summed E-state index contributed by atoms with van der Waals surface area (Å²) in [5.41, 5.74) is -0.0630. The van der Waals surface area contributed by atoms with E-state index in [1.807, 2.05) is 6.92 Å². The summed E-state index contributed by atoms with van der Waals surface area (Å²) in [4.78, 5) is 24.4. The van der Waals surface area contributed by atoms with Gasteiger partial charge >= 0.3 is 5.97 Å². The van der Waals surface area contributed by atoms with Gasteiger partial charge in [-0.3, -0.25) is 4.79 Å². The summed E-state index contributed by atoms with van der Waals surface area (Å²) < 4.78 is 42.5. The van der Waals surface area contributed by atoms with Crippen molar-refractivity contribution >= 4 is 21.9 Å². The first-order chi connectivity index (χ1) is 13.3. The Morgan fingerprint density at radius 2 is 1.96 bits per heavy atom. The molecule has 1 amide bonds. The quantitative estimate of drug-likeness (QED) is 0.626. The van der Waals surface area contributed by atoms with Crippen LogP contribution in [0.25, 0.3) is 0 Å². The van der Waals surface area contributed by atoms with Gasteiger partial charge in [0.25, 0.3) is 5.91 Å². The van der Waals surface area contributed by atoms with Crippen LogP contribution < -0.4 is 10.1 Å². The summed E-state index contributed by atoms with van der Waals surface area (Å²) in [7, 11) is -2.43. The summed E-state index contributed by atoms with van der Waals surface area (Å²) in [6, 6.07) is 3.98. The van der Waals surface area contributed by atoms with Gasteiger partial charge in [0.15, 0.2) is 6.10 Å². The van der Waals surface area contributed by atoms with Crippen LogP contribution in [0.2, 0.25) is 0 Å². The number of rotatable bonds is 8. The lowest BCUT2D eigenvalue weighted by molar-refractivity contribution is -0.129. The molecule has 1 aliphatic rings. The Kier molecular flexibility index (Phi) is 7.78. The Morgan fingerprint density at radius 3 is 2.57 bits per heavy atom. The van der Waals surface area contributed by atoms with Crippen LogP contribution in [0.1, 0.15) is 30.6 Å². The number of hydrogen-bond acceptors (Lipinski definition) is 7. The lowest BCUT2D eigenvalue weighted by Crippen LogP contribution is -2.40. The fraction of sp³-hybridized carbons (Fsp3) is 0.556. The molecule has 9 nitrogen and oxygen atoms in total. The topological polar surface area (TPSA) is 111 Å². The number of morpholine rings is 1. The standard InChI is InChI=1S/C18H26N2O7S/c1-4-7-19-17(21)13(2)27-18(22)15-12-14(5-6-16(15)25-3)28(23,24)20-8-10-26-11-9-20/h5-6,12-13H,4,7-11H2,1-3H3,(H,19,21)/t13-/m0/s1. The van der Waals surface area contributed by atoms with Gasteiger partial charge in [-0.2, -0.15) is 4.31 Å².